The van der Waals surface area contributed by atoms with Crippen molar-refractivity contribution in [3.63, 3.8) is 0 Å². The molecule has 0 aliphatic heterocycles. The molecule has 0 aliphatic carbocycles. The van der Waals surface area contributed by atoms with Gasteiger partial charge in [-0.15, -0.1) is 0 Å². The molecule has 0 fully saturated rings. The van der Waals surface area contributed by atoms with Gasteiger partial charge in [0.15, 0.2) is 10.2 Å². The van der Waals surface area contributed by atoms with Gasteiger partial charge in [-0.1, -0.05) is 166 Å². The highest BCUT2D eigenvalue weighted by Crippen LogP contribution is 2.22. The van der Waals surface area contributed by atoms with Crippen LogP contribution < -0.4 is 0 Å². The first-order valence-electron chi connectivity index (χ1n) is 15.7. The van der Waals surface area contributed by atoms with Crippen LogP contribution in [0.25, 0.3) is 0 Å². The van der Waals surface area contributed by atoms with E-state index < -0.39 is 0 Å². The second-order valence-corrected chi connectivity index (χ2v) is 16.0. The van der Waals surface area contributed by atoms with E-state index >= 15 is 0 Å². The van der Waals surface area contributed by atoms with E-state index in [0.717, 1.165) is 22.6 Å². The molecular formula is C38H60O4S2. The molecule has 0 atom stereocenters. The summed E-state index contributed by atoms with van der Waals surface area (Å²) in [7, 11) is 0. The largest absolute Gasteiger partial charge is 0.299 e. The van der Waals surface area contributed by atoms with Gasteiger partial charge in [-0.25, -0.2) is 0 Å². The summed E-state index contributed by atoms with van der Waals surface area (Å²) in [5.74, 6) is 2.72. The van der Waals surface area contributed by atoms with Gasteiger partial charge in [0.25, 0.3) is 0 Å². The predicted molar refractivity (Wildman–Crippen MR) is 195 cm³/mol. The van der Waals surface area contributed by atoms with Crippen LogP contribution >= 0.6 is 23.5 Å². The Balaban J connectivity index is 0. The highest BCUT2D eigenvalue weighted by atomic mass is 32.2. The minimum absolute atomic E-state index is 0.139. The average molecular weight is 645 g/mol. The van der Waals surface area contributed by atoms with Gasteiger partial charge in [-0.3, -0.25) is 19.2 Å². The van der Waals surface area contributed by atoms with Crippen LogP contribution in [0, 0.1) is 36.5 Å². The fraction of sp³-hybridized carbons (Fsp3) is 0.579. The molecule has 0 spiro atoms. The Morgan fingerprint density at radius 1 is 0.636 bits per heavy atom. The first-order valence-corrected chi connectivity index (χ1v) is 17.6. The number of hydrogen-bond donors (Lipinski definition) is 0. The average Bonchev–Trinajstić information content (AvgIpc) is 2.89. The molecule has 4 nitrogen and oxygen atoms in total. The molecule has 0 N–H and O–H groups in total. The van der Waals surface area contributed by atoms with Crippen LogP contribution in [0.15, 0.2) is 48.5 Å². The van der Waals surface area contributed by atoms with Crippen LogP contribution in [0.3, 0.4) is 0 Å². The maximum atomic E-state index is 11.7. The van der Waals surface area contributed by atoms with Crippen LogP contribution in [-0.2, 0) is 32.0 Å². The zero-order chi connectivity index (χ0) is 34.7. The molecular weight excluding hydrogens is 585 g/mol. The van der Waals surface area contributed by atoms with Crippen LogP contribution in [-0.4, -0.2) is 33.3 Å². The van der Waals surface area contributed by atoms with Crippen molar-refractivity contribution in [1.29, 1.82) is 0 Å². The minimum Gasteiger partial charge on any atom is -0.299 e. The van der Waals surface area contributed by atoms with Crippen LogP contribution in [0.2, 0.25) is 0 Å². The Kier molecular flexibility index (Phi) is 22.3. The van der Waals surface area contributed by atoms with Crippen molar-refractivity contribution in [2.24, 2.45) is 22.7 Å². The predicted octanol–water partition coefficient (Wildman–Crippen LogP) is 10.1. The van der Waals surface area contributed by atoms with Gasteiger partial charge in [0.2, 0.25) is 0 Å². The number of benzene rings is 2. The number of ketones is 2. The van der Waals surface area contributed by atoms with Gasteiger partial charge in [0.1, 0.15) is 11.6 Å². The highest BCUT2D eigenvalue weighted by Gasteiger charge is 2.21. The van der Waals surface area contributed by atoms with E-state index in [4.69, 9.17) is 0 Å². The topological polar surface area (TPSA) is 68.3 Å². The molecule has 248 valence electrons. The SMILES string of the molecule is CCSC(=O)C(C)(C)C.CCSC(=O)C(C)C.Cc1cccc(CC(=O)C(C)(C)C)c1.Cc1cccc(CC(=O)C(C)C)c1. The summed E-state index contributed by atoms with van der Waals surface area (Å²) in [5.41, 5.74) is 4.27. The van der Waals surface area contributed by atoms with Crippen molar-refractivity contribution < 1.29 is 19.2 Å². The summed E-state index contributed by atoms with van der Waals surface area (Å²) >= 11 is 2.80. The molecule has 0 aliphatic rings. The zero-order valence-electron chi connectivity index (χ0n) is 30.1. The number of aryl methyl sites for hydroxylation is 2. The summed E-state index contributed by atoms with van der Waals surface area (Å²) in [6.45, 7) is 27.5. The van der Waals surface area contributed by atoms with Crippen LogP contribution in [0.5, 0.6) is 0 Å². The van der Waals surface area contributed by atoms with Gasteiger partial charge >= 0.3 is 0 Å². The molecule has 0 saturated heterocycles. The molecule has 0 amide bonds. The minimum atomic E-state index is -0.232. The Bertz CT molecular complexity index is 1150. The van der Waals surface area contributed by atoms with Crippen molar-refractivity contribution in [3.8, 4) is 0 Å². The van der Waals surface area contributed by atoms with E-state index in [1.165, 1.54) is 34.7 Å². The van der Waals surface area contributed by atoms with Crippen LogP contribution in [0.1, 0.15) is 105 Å². The third kappa shape index (κ3) is 22.3. The normalized spacial score (nSPS) is 10.9. The maximum absolute atomic E-state index is 11.7. The van der Waals surface area contributed by atoms with Gasteiger partial charge in [0, 0.05) is 35.5 Å². The molecule has 0 heterocycles. The maximum Gasteiger partial charge on any atom is 0.194 e. The Morgan fingerprint density at radius 3 is 1.34 bits per heavy atom. The number of thioether (sulfide) groups is 2. The molecule has 0 radical (unpaired) electrons. The van der Waals surface area contributed by atoms with Crippen molar-refractivity contribution in [2.45, 2.75) is 110 Å². The van der Waals surface area contributed by atoms with Gasteiger partial charge in [0.05, 0.1) is 0 Å². The third-order valence-electron chi connectivity index (χ3n) is 6.03. The Morgan fingerprint density at radius 2 is 1.07 bits per heavy atom. The first kappa shape index (κ1) is 43.9. The first-order chi connectivity index (χ1) is 20.1. The summed E-state index contributed by atoms with van der Waals surface area (Å²) < 4.78 is 0. The summed E-state index contributed by atoms with van der Waals surface area (Å²) in [5, 5.41) is 0.581. The lowest BCUT2D eigenvalue weighted by molar-refractivity contribution is -0.125. The van der Waals surface area contributed by atoms with E-state index in [-0.39, 0.29) is 27.8 Å². The molecule has 44 heavy (non-hydrogen) atoms. The number of carbonyl (C=O) groups is 4. The quantitative estimate of drug-likeness (QED) is 0.285. The molecule has 2 rings (SSSR count). The number of carbonyl (C=O) groups excluding carboxylic acids is 4. The summed E-state index contributed by atoms with van der Waals surface area (Å²) in [6.07, 6.45) is 1.12. The van der Waals surface area contributed by atoms with E-state index in [0.29, 0.717) is 29.5 Å². The Labute approximate surface area is 278 Å². The molecule has 0 bridgehead atoms. The zero-order valence-corrected chi connectivity index (χ0v) is 31.7. The molecule has 6 heteroatoms. The number of rotatable bonds is 8. The van der Waals surface area contributed by atoms with Crippen molar-refractivity contribution in [2.75, 3.05) is 11.5 Å². The molecule has 2 aromatic rings. The van der Waals surface area contributed by atoms with E-state index in [9.17, 15) is 19.2 Å². The molecule has 0 aromatic heterocycles. The lowest BCUT2D eigenvalue weighted by Gasteiger charge is -2.16. The van der Waals surface area contributed by atoms with Crippen molar-refractivity contribution in [3.05, 3.63) is 70.8 Å². The Hall–Kier alpha value is -2.18. The summed E-state index contributed by atoms with van der Waals surface area (Å²) in [4.78, 5) is 44.9. The second kappa shape index (κ2) is 22.3. The van der Waals surface area contributed by atoms with E-state index in [1.54, 1.807) is 0 Å². The highest BCUT2D eigenvalue weighted by molar-refractivity contribution is 8.13. The van der Waals surface area contributed by atoms with Crippen LogP contribution in [0.4, 0.5) is 0 Å². The van der Waals surface area contributed by atoms with E-state index in [1.807, 2.05) is 133 Å². The van der Waals surface area contributed by atoms with Crippen molar-refractivity contribution >= 4 is 45.3 Å². The second-order valence-electron chi connectivity index (χ2n) is 13.5. The standard InChI is InChI=1S/C13H18O.C12H16O.C7H14OS.C6H12OS/c1-10-6-5-7-11(8-10)9-12(14)13(2,3)4;1-9(2)12(13)8-11-6-4-5-10(3)7-11;1-5-9-6(8)7(2,3)4;1-4-8-6(7)5(2)3/h5-8H,9H2,1-4H3;4-7,9H,8H2,1-3H3;5H2,1-4H3;5H,4H2,1-3H3. The monoisotopic (exact) mass is 644 g/mol. The third-order valence-corrected chi connectivity index (χ3v) is 8.24. The van der Waals surface area contributed by atoms with Gasteiger partial charge in [-0.05, 0) is 36.5 Å². The number of hydrogen-bond acceptors (Lipinski definition) is 6. The van der Waals surface area contributed by atoms with Gasteiger partial charge < -0.3 is 0 Å². The number of Topliss-reactive ketones (excluding diaryl/α,β-unsaturated/α-hetero) is 2. The van der Waals surface area contributed by atoms with Gasteiger partial charge in [-0.2, -0.15) is 0 Å². The summed E-state index contributed by atoms with van der Waals surface area (Å²) in [6, 6.07) is 16.3. The lowest BCUT2D eigenvalue weighted by Crippen LogP contribution is -2.22. The molecule has 2 aromatic carbocycles. The fourth-order valence-electron chi connectivity index (χ4n) is 3.16. The van der Waals surface area contributed by atoms with Crippen molar-refractivity contribution in [1.82, 2.24) is 0 Å². The molecule has 0 unspecified atom stereocenters. The van der Waals surface area contributed by atoms with E-state index in [2.05, 4.69) is 12.1 Å². The molecule has 0 saturated carbocycles. The lowest BCUT2D eigenvalue weighted by atomic mass is 9.87. The fourth-order valence-corrected chi connectivity index (χ4v) is 4.47. The smallest absolute Gasteiger partial charge is 0.194 e.